The first kappa shape index (κ1) is 19.7. The van der Waals surface area contributed by atoms with E-state index in [9.17, 15) is 28.1 Å². The number of esters is 1. The Balaban J connectivity index is 1.73. The third-order valence-electron chi connectivity index (χ3n) is 3.85. The Morgan fingerprint density at radius 1 is 1.21 bits per heavy atom. The highest BCUT2D eigenvalue weighted by atomic mass is 32.2. The quantitative estimate of drug-likeness (QED) is 0.397. The van der Waals surface area contributed by atoms with Gasteiger partial charge in [-0.15, -0.1) is 0 Å². The van der Waals surface area contributed by atoms with Gasteiger partial charge in [0.05, 0.1) is 16.7 Å². The number of rotatable bonds is 6. The lowest BCUT2D eigenvalue weighted by atomic mass is 10.2. The second-order valence-electron chi connectivity index (χ2n) is 5.80. The van der Waals surface area contributed by atoms with Crippen LogP contribution in [0.15, 0.2) is 53.9 Å². The van der Waals surface area contributed by atoms with Crippen LogP contribution in [-0.4, -0.2) is 43.6 Å². The van der Waals surface area contributed by atoms with Crippen LogP contribution in [0.5, 0.6) is 0 Å². The van der Waals surface area contributed by atoms with Crippen molar-refractivity contribution in [3.63, 3.8) is 0 Å². The molecule has 11 heteroatoms. The number of carbonyl (C=O) groups is 2. The van der Waals surface area contributed by atoms with Crippen molar-refractivity contribution in [3.05, 3.63) is 68.9 Å². The van der Waals surface area contributed by atoms with Gasteiger partial charge < -0.3 is 9.64 Å². The van der Waals surface area contributed by atoms with Crippen molar-refractivity contribution in [3.8, 4) is 0 Å². The summed E-state index contributed by atoms with van der Waals surface area (Å²) in [6, 6.07) is 10.1. The number of benzene rings is 1. The number of ether oxygens (including phenoxy) is 1. The van der Waals surface area contributed by atoms with Crippen LogP contribution in [0.2, 0.25) is 0 Å². The number of para-hydroxylation sites is 1. The fourth-order valence-corrected chi connectivity index (χ4v) is 4.61. The van der Waals surface area contributed by atoms with Crippen molar-refractivity contribution < 1.29 is 27.7 Å². The Kier molecular flexibility index (Phi) is 5.56. The van der Waals surface area contributed by atoms with E-state index in [1.165, 1.54) is 23.1 Å². The van der Waals surface area contributed by atoms with Crippen LogP contribution in [-0.2, 0) is 19.4 Å². The number of hydrogen-bond donors (Lipinski definition) is 0. The fraction of sp³-hybridized carbons (Fsp3) is 0.176. The summed E-state index contributed by atoms with van der Waals surface area (Å²) < 4.78 is 28.5. The molecular weight excluding hydrogens is 408 g/mol. The average Bonchev–Trinajstić information content (AvgIpc) is 3.28. The third-order valence-corrected chi connectivity index (χ3v) is 6.24. The molecule has 1 aliphatic heterocycles. The van der Waals surface area contributed by atoms with E-state index in [0.29, 0.717) is 17.0 Å². The topological polar surface area (TPSA) is 124 Å². The lowest BCUT2D eigenvalue weighted by Gasteiger charge is -2.27. The number of amides is 1. The maximum Gasteiger partial charge on any atom is 0.349 e. The van der Waals surface area contributed by atoms with Crippen LogP contribution in [0.25, 0.3) is 0 Å². The number of nitrogens with zero attached hydrogens (tertiary/aromatic N) is 2. The van der Waals surface area contributed by atoms with Gasteiger partial charge in [-0.1, -0.05) is 29.5 Å². The van der Waals surface area contributed by atoms with Gasteiger partial charge in [-0.3, -0.25) is 14.9 Å². The molecule has 28 heavy (non-hydrogen) atoms. The largest absolute Gasteiger partial charge is 0.451 e. The van der Waals surface area contributed by atoms with Gasteiger partial charge >= 0.3 is 11.0 Å². The Labute approximate surface area is 163 Å². The molecule has 146 valence electrons. The number of nitro groups is 1. The summed E-state index contributed by atoms with van der Waals surface area (Å²) in [7, 11) is -3.41. The molecule has 0 bridgehead atoms. The summed E-state index contributed by atoms with van der Waals surface area (Å²) in [6.45, 7) is -0.635. The maximum absolute atomic E-state index is 12.7. The minimum Gasteiger partial charge on any atom is -0.451 e. The van der Waals surface area contributed by atoms with Crippen molar-refractivity contribution in [2.75, 3.05) is 17.3 Å². The van der Waals surface area contributed by atoms with Crippen molar-refractivity contribution in [2.45, 2.75) is 6.04 Å². The van der Waals surface area contributed by atoms with E-state index < -0.39 is 39.3 Å². The standard InChI is InChI=1S/C17H14N2O7S2/c20-15(10-26-17(21)14-6-7-16(27-14)19(22)23)18(12-4-2-1-3-5-12)13-8-9-28(24,25)11-13/h1-9,13H,10-11H2. The smallest absolute Gasteiger partial charge is 0.349 e. The van der Waals surface area contributed by atoms with Crippen LogP contribution in [0.1, 0.15) is 9.67 Å². The highest BCUT2D eigenvalue weighted by Gasteiger charge is 2.32. The molecule has 1 aromatic carbocycles. The molecule has 1 atom stereocenters. The Bertz CT molecular complexity index is 1040. The zero-order chi connectivity index (χ0) is 20.3. The molecule has 3 rings (SSSR count). The Hall–Kier alpha value is -3.05. The monoisotopic (exact) mass is 422 g/mol. The first-order valence-corrected chi connectivity index (χ1v) is 10.5. The summed E-state index contributed by atoms with van der Waals surface area (Å²) in [6.07, 6.45) is 1.41. The minimum atomic E-state index is -3.41. The second-order valence-corrected chi connectivity index (χ2v) is 8.79. The second kappa shape index (κ2) is 7.90. The van der Waals surface area contributed by atoms with Gasteiger partial charge in [0.15, 0.2) is 16.4 Å². The fourth-order valence-electron chi connectivity index (χ4n) is 2.63. The molecule has 9 nitrogen and oxygen atoms in total. The zero-order valence-electron chi connectivity index (χ0n) is 14.3. The lowest BCUT2D eigenvalue weighted by molar-refractivity contribution is -0.380. The number of hydrogen-bond acceptors (Lipinski definition) is 8. The molecule has 2 heterocycles. The molecule has 1 amide bonds. The van der Waals surface area contributed by atoms with E-state index in [1.807, 2.05) is 0 Å². The summed E-state index contributed by atoms with van der Waals surface area (Å²) in [4.78, 5) is 36.1. The van der Waals surface area contributed by atoms with Crippen LogP contribution in [0.3, 0.4) is 0 Å². The molecular formula is C17H14N2O7S2. The van der Waals surface area contributed by atoms with E-state index in [-0.39, 0.29) is 15.6 Å². The predicted octanol–water partition coefficient (Wildman–Crippen LogP) is 2.16. The summed E-state index contributed by atoms with van der Waals surface area (Å²) in [5.74, 6) is -1.75. The molecule has 0 aliphatic carbocycles. The van der Waals surface area contributed by atoms with E-state index in [4.69, 9.17) is 4.74 Å². The van der Waals surface area contributed by atoms with Gasteiger partial charge in [-0.05, 0) is 24.3 Å². The Morgan fingerprint density at radius 2 is 1.93 bits per heavy atom. The van der Waals surface area contributed by atoms with Gasteiger partial charge in [0.2, 0.25) is 0 Å². The number of carbonyl (C=O) groups excluding carboxylic acids is 2. The first-order valence-electron chi connectivity index (χ1n) is 7.96. The molecule has 0 saturated heterocycles. The SMILES string of the molecule is O=C(OCC(=O)N(c1ccccc1)C1C=CS(=O)(=O)C1)c1ccc([N+](=O)[O-])s1. The third kappa shape index (κ3) is 4.43. The van der Waals surface area contributed by atoms with E-state index in [0.717, 1.165) is 5.41 Å². The maximum atomic E-state index is 12.7. The van der Waals surface area contributed by atoms with E-state index in [1.54, 1.807) is 30.3 Å². The molecule has 0 saturated carbocycles. The van der Waals surface area contributed by atoms with Crippen molar-refractivity contribution >= 4 is 43.7 Å². The molecule has 1 aliphatic rings. The average molecular weight is 422 g/mol. The minimum absolute atomic E-state index is 0.00546. The molecule has 1 aromatic heterocycles. The number of sulfone groups is 1. The molecule has 0 N–H and O–H groups in total. The molecule has 0 fully saturated rings. The highest BCUT2D eigenvalue weighted by molar-refractivity contribution is 7.94. The number of thiophene rings is 1. The van der Waals surface area contributed by atoms with Gasteiger partial charge in [-0.2, -0.15) is 0 Å². The normalized spacial score (nSPS) is 17.2. The lowest BCUT2D eigenvalue weighted by Crippen LogP contribution is -2.43. The van der Waals surface area contributed by atoms with Gasteiger partial charge in [0.1, 0.15) is 4.88 Å². The zero-order valence-corrected chi connectivity index (χ0v) is 15.9. The highest BCUT2D eigenvalue weighted by Crippen LogP contribution is 2.25. The van der Waals surface area contributed by atoms with E-state index >= 15 is 0 Å². The Morgan fingerprint density at radius 3 is 2.50 bits per heavy atom. The van der Waals surface area contributed by atoms with Crippen LogP contribution in [0, 0.1) is 10.1 Å². The van der Waals surface area contributed by atoms with Crippen molar-refractivity contribution in [1.29, 1.82) is 0 Å². The van der Waals surface area contributed by atoms with Gasteiger partial charge in [0, 0.05) is 17.2 Å². The van der Waals surface area contributed by atoms with Gasteiger partial charge in [0.25, 0.3) is 5.91 Å². The van der Waals surface area contributed by atoms with Crippen molar-refractivity contribution in [2.24, 2.45) is 0 Å². The van der Waals surface area contributed by atoms with Crippen LogP contribution >= 0.6 is 11.3 Å². The molecule has 0 radical (unpaired) electrons. The molecule has 0 spiro atoms. The van der Waals surface area contributed by atoms with Crippen molar-refractivity contribution in [1.82, 2.24) is 0 Å². The summed E-state index contributed by atoms with van der Waals surface area (Å²) >= 11 is 0.642. The van der Waals surface area contributed by atoms with E-state index in [2.05, 4.69) is 0 Å². The molecule has 2 aromatic rings. The first-order chi connectivity index (χ1) is 13.3. The molecule has 1 unspecified atom stereocenters. The summed E-state index contributed by atoms with van der Waals surface area (Å²) in [5.41, 5.74) is 0.460. The van der Waals surface area contributed by atoms with Crippen LogP contribution in [0.4, 0.5) is 10.7 Å². The number of anilines is 1. The predicted molar refractivity (Wildman–Crippen MR) is 102 cm³/mol. The van der Waals surface area contributed by atoms with Gasteiger partial charge in [-0.25, -0.2) is 13.2 Å². The van der Waals surface area contributed by atoms with Crippen LogP contribution < -0.4 is 4.90 Å². The summed E-state index contributed by atoms with van der Waals surface area (Å²) in [5, 5.41) is 11.5.